The van der Waals surface area contributed by atoms with Crippen LogP contribution in [0.15, 0.2) is 53.1 Å². The number of hydrogen-bond acceptors (Lipinski definition) is 5. The van der Waals surface area contributed by atoms with Crippen molar-refractivity contribution in [1.82, 2.24) is 9.80 Å². The zero-order valence-corrected chi connectivity index (χ0v) is 16.8. The molecule has 0 radical (unpaired) electrons. The number of likely N-dealkylation sites (tertiary alicyclic amines) is 1. The van der Waals surface area contributed by atoms with Gasteiger partial charge in [0.05, 0.1) is 16.5 Å². The molecule has 4 rings (SSSR count). The van der Waals surface area contributed by atoms with Gasteiger partial charge in [-0.25, -0.2) is 4.39 Å². The zero-order valence-electron chi connectivity index (χ0n) is 16.0. The molecule has 5 nitrogen and oxygen atoms in total. The number of carbonyl (C=O) groups excluding carboxylic acids is 2. The SMILES string of the molecule is O=C(C1=C(O)C(=O)N(CCN2CCCCC2)C1c1cccc(F)c1)c1cccs1. The summed E-state index contributed by atoms with van der Waals surface area (Å²) in [7, 11) is 0. The number of amides is 1. The summed E-state index contributed by atoms with van der Waals surface area (Å²) >= 11 is 1.25. The largest absolute Gasteiger partial charge is 0.503 e. The predicted molar refractivity (Wildman–Crippen MR) is 109 cm³/mol. The van der Waals surface area contributed by atoms with Gasteiger partial charge in [-0.1, -0.05) is 24.6 Å². The first-order chi connectivity index (χ1) is 14.1. The molecule has 2 aliphatic rings. The molecule has 152 valence electrons. The van der Waals surface area contributed by atoms with E-state index >= 15 is 0 Å². The molecule has 1 N–H and O–H groups in total. The van der Waals surface area contributed by atoms with Gasteiger partial charge in [0.15, 0.2) is 5.76 Å². The van der Waals surface area contributed by atoms with Gasteiger partial charge in [0.25, 0.3) is 5.91 Å². The van der Waals surface area contributed by atoms with Crippen LogP contribution < -0.4 is 0 Å². The minimum absolute atomic E-state index is 0.0293. The number of aliphatic hydroxyl groups is 1. The van der Waals surface area contributed by atoms with Crippen molar-refractivity contribution in [3.8, 4) is 0 Å². The first kappa shape index (κ1) is 19.8. The van der Waals surface area contributed by atoms with Crippen LogP contribution in [-0.4, -0.2) is 52.8 Å². The second-order valence-electron chi connectivity index (χ2n) is 7.43. The molecular weight excluding hydrogens is 391 g/mol. The number of rotatable bonds is 6. The van der Waals surface area contributed by atoms with Crippen molar-refractivity contribution >= 4 is 23.0 Å². The van der Waals surface area contributed by atoms with E-state index < -0.39 is 23.5 Å². The van der Waals surface area contributed by atoms with Crippen LogP contribution in [0, 0.1) is 5.82 Å². The van der Waals surface area contributed by atoms with E-state index in [-0.39, 0.29) is 11.4 Å². The van der Waals surface area contributed by atoms with Gasteiger partial charge in [-0.05, 0) is 55.1 Å². The molecule has 0 spiro atoms. The van der Waals surface area contributed by atoms with Gasteiger partial charge < -0.3 is 14.9 Å². The lowest BCUT2D eigenvalue weighted by Gasteiger charge is -2.31. The Morgan fingerprint density at radius 1 is 1.14 bits per heavy atom. The Balaban J connectivity index is 1.67. The van der Waals surface area contributed by atoms with E-state index in [2.05, 4.69) is 4.90 Å². The molecule has 2 aliphatic heterocycles. The molecule has 1 fully saturated rings. The summed E-state index contributed by atoms with van der Waals surface area (Å²) < 4.78 is 13.9. The molecule has 1 aromatic carbocycles. The van der Waals surface area contributed by atoms with E-state index in [1.165, 1.54) is 34.8 Å². The van der Waals surface area contributed by atoms with E-state index in [1.54, 1.807) is 29.6 Å². The summed E-state index contributed by atoms with van der Waals surface area (Å²) in [4.78, 5) is 30.2. The number of aliphatic hydroxyl groups excluding tert-OH is 1. The third-order valence-electron chi connectivity index (χ3n) is 5.56. The van der Waals surface area contributed by atoms with Gasteiger partial charge in [-0.15, -0.1) is 11.3 Å². The van der Waals surface area contributed by atoms with Crippen molar-refractivity contribution in [2.45, 2.75) is 25.3 Å². The van der Waals surface area contributed by atoms with Crippen molar-refractivity contribution in [3.05, 3.63) is 69.4 Å². The van der Waals surface area contributed by atoms with Gasteiger partial charge in [0, 0.05) is 13.1 Å². The van der Waals surface area contributed by atoms with Crippen LogP contribution in [-0.2, 0) is 4.79 Å². The molecule has 3 heterocycles. The number of nitrogens with zero attached hydrogens (tertiary/aromatic N) is 2. The topological polar surface area (TPSA) is 60.9 Å². The van der Waals surface area contributed by atoms with Crippen LogP contribution >= 0.6 is 11.3 Å². The molecular formula is C22H23FN2O3S. The molecule has 0 aliphatic carbocycles. The number of ketones is 1. The fraction of sp³-hybridized carbons (Fsp3) is 0.364. The van der Waals surface area contributed by atoms with Gasteiger partial charge in [-0.2, -0.15) is 0 Å². The lowest BCUT2D eigenvalue weighted by atomic mass is 9.95. The maximum absolute atomic E-state index is 13.9. The zero-order chi connectivity index (χ0) is 20.4. The minimum atomic E-state index is -0.794. The summed E-state index contributed by atoms with van der Waals surface area (Å²) in [5.74, 6) is -1.94. The van der Waals surface area contributed by atoms with Gasteiger partial charge in [0.1, 0.15) is 5.82 Å². The van der Waals surface area contributed by atoms with Crippen molar-refractivity contribution in [1.29, 1.82) is 0 Å². The highest BCUT2D eigenvalue weighted by atomic mass is 32.1. The van der Waals surface area contributed by atoms with Crippen molar-refractivity contribution in [2.75, 3.05) is 26.2 Å². The maximum Gasteiger partial charge on any atom is 0.290 e. The highest BCUT2D eigenvalue weighted by Crippen LogP contribution is 2.39. The Hall–Kier alpha value is -2.51. The highest BCUT2D eigenvalue weighted by Gasteiger charge is 2.44. The van der Waals surface area contributed by atoms with E-state index in [1.807, 2.05) is 0 Å². The number of benzene rings is 1. The molecule has 0 bridgehead atoms. The molecule has 1 atom stereocenters. The Labute approximate surface area is 173 Å². The first-order valence-electron chi connectivity index (χ1n) is 9.86. The van der Waals surface area contributed by atoms with Crippen LogP contribution in [0.4, 0.5) is 4.39 Å². The number of thiophene rings is 1. The van der Waals surface area contributed by atoms with Crippen LogP contribution in [0.2, 0.25) is 0 Å². The molecule has 0 saturated carbocycles. The summed E-state index contributed by atoms with van der Waals surface area (Å²) in [5, 5.41) is 12.4. The van der Waals surface area contributed by atoms with Crippen LogP contribution in [0.3, 0.4) is 0 Å². The number of Topliss-reactive ketones (excluding diaryl/α,β-unsaturated/α-hetero) is 1. The lowest BCUT2D eigenvalue weighted by molar-refractivity contribution is -0.129. The number of halogens is 1. The molecule has 2 aromatic rings. The van der Waals surface area contributed by atoms with E-state index in [0.717, 1.165) is 25.9 Å². The molecule has 7 heteroatoms. The Bertz CT molecular complexity index is 935. The molecule has 1 amide bonds. The quantitative estimate of drug-likeness (QED) is 0.727. The second kappa shape index (κ2) is 8.47. The predicted octanol–water partition coefficient (Wildman–Crippen LogP) is 3.95. The minimum Gasteiger partial charge on any atom is -0.503 e. The maximum atomic E-state index is 13.9. The second-order valence-corrected chi connectivity index (χ2v) is 8.37. The molecule has 1 aromatic heterocycles. The molecule has 1 unspecified atom stereocenters. The summed E-state index contributed by atoms with van der Waals surface area (Å²) in [6, 6.07) is 8.51. The average Bonchev–Trinajstić information content (AvgIpc) is 3.35. The smallest absolute Gasteiger partial charge is 0.290 e. The normalized spacial score (nSPS) is 20.5. The number of carbonyl (C=O) groups is 2. The van der Waals surface area contributed by atoms with Gasteiger partial charge in [-0.3, -0.25) is 9.59 Å². The van der Waals surface area contributed by atoms with Crippen LogP contribution in [0.25, 0.3) is 0 Å². The van der Waals surface area contributed by atoms with Crippen LogP contribution in [0.5, 0.6) is 0 Å². The fourth-order valence-electron chi connectivity index (χ4n) is 4.11. The Morgan fingerprint density at radius 2 is 1.93 bits per heavy atom. The van der Waals surface area contributed by atoms with Crippen LogP contribution in [0.1, 0.15) is 40.5 Å². The van der Waals surface area contributed by atoms with E-state index in [4.69, 9.17) is 0 Å². The average molecular weight is 415 g/mol. The summed E-state index contributed by atoms with van der Waals surface area (Å²) in [5.41, 5.74) is 0.516. The van der Waals surface area contributed by atoms with Gasteiger partial charge >= 0.3 is 0 Å². The number of hydrogen-bond donors (Lipinski definition) is 1. The number of piperidine rings is 1. The van der Waals surface area contributed by atoms with Gasteiger partial charge in [0.2, 0.25) is 5.78 Å². The Morgan fingerprint density at radius 3 is 2.62 bits per heavy atom. The third-order valence-corrected chi connectivity index (χ3v) is 6.43. The highest BCUT2D eigenvalue weighted by molar-refractivity contribution is 7.12. The summed E-state index contributed by atoms with van der Waals surface area (Å²) in [6.45, 7) is 2.98. The lowest BCUT2D eigenvalue weighted by Crippen LogP contribution is -2.40. The molecule has 29 heavy (non-hydrogen) atoms. The fourth-order valence-corrected chi connectivity index (χ4v) is 4.79. The molecule has 1 saturated heterocycles. The monoisotopic (exact) mass is 414 g/mol. The third kappa shape index (κ3) is 3.97. The summed E-state index contributed by atoms with van der Waals surface area (Å²) in [6.07, 6.45) is 3.48. The van der Waals surface area contributed by atoms with Crippen molar-refractivity contribution in [2.24, 2.45) is 0 Å². The van der Waals surface area contributed by atoms with E-state index in [0.29, 0.717) is 23.5 Å². The Kier molecular flexibility index (Phi) is 5.78. The van der Waals surface area contributed by atoms with E-state index in [9.17, 15) is 19.1 Å². The first-order valence-corrected chi connectivity index (χ1v) is 10.7. The standard InChI is InChI=1S/C22H23FN2O3S/c23-16-7-4-6-15(14-16)19-18(20(26)17-8-5-13-29-17)21(27)22(28)25(19)12-11-24-9-2-1-3-10-24/h4-8,13-14,19,27H,1-3,9-12H2. The van der Waals surface area contributed by atoms with Crippen molar-refractivity contribution in [3.63, 3.8) is 0 Å². The van der Waals surface area contributed by atoms with Crippen molar-refractivity contribution < 1.29 is 19.1 Å².